The standard InChI is InChI=1S/C30H21N5S/c1-2-12-26-20(8-1)18-32-35(26)22-10-7-9-21(16-22)33-27-13-3-4-14-28(27)34-29(33)17-23-24(19-36-30(23)34)25-11-5-6-15-31-25/h1-18,24H,19H2. The molecule has 0 fully saturated rings. The van der Waals surface area contributed by atoms with Crippen molar-refractivity contribution in [1.29, 1.82) is 0 Å². The molecule has 0 bridgehead atoms. The molecule has 0 amide bonds. The number of nitrogens with zero attached hydrogens (tertiary/aromatic N) is 5. The van der Waals surface area contributed by atoms with Crippen LogP contribution in [0.3, 0.4) is 0 Å². The van der Waals surface area contributed by atoms with Crippen molar-refractivity contribution in [3.05, 3.63) is 121 Å². The van der Waals surface area contributed by atoms with E-state index in [1.165, 1.54) is 27.3 Å². The Balaban J connectivity index is 1.36. The second-order valence-corrected chi connectivity index (χ2v) is 10.2. The van der Waals surface area contributed by atoms with Gasteiger partial charge in [0, 0.05) is 34.6 Å². The van der Waals surface area contributed by atoms with Crippen LogP contribution in [0.2, 0.25) is 0 Å². The Kier molecular flexibility index (Phi) is 4.22. The van der Waals surface area contributed by atoms with Crippen LogP contribution in [-0.4, -0.2) is 29.5 Å². The number of hydrogen-bond acceptors (Lipinski definition) is 3. The number of hydrogen-bond donors (Lipinski definition) is 0. The summed E-state index contributed by atoms with van der Waals surface area (Å²) in [5.41, 5.74) is 9.36. The number of thioether (sulfide) groups is 1. The van der Waals surface area contributed by atoms with Crippen LogP contribution < -0.4 is 0 Å². The maximum atomic E-state index is 4.69. The molecular weight excluding hydrogens is 462 g/mol. The van der Waals surface area contributed by atoms with E-state index < -0.39 is 0 Å². The third-order valence-electron chi connectivity index (χ3n) is 7.17. The Morgan fingerprint density at radius 3 is 2.44 bits per heavy atom. The lowest BCUT2D eigenvalue weighted by molar-refractivity contribution is 0.879. The fourth-order valence-electron chi connectivity index (χ4n) is 5.55. The Labute approximate surface area is 211 Å². The predicted molar refractivity (Wildman–Crippen MR) is 146 cm³/mol. The van der Waals surface area contributed by atoms with Crippen molar-refractivity contribution >= 4 is 39.3 Å². The van der Waals surface area contributed by atoms with E-state index in [-0.39, 0.29) is 0 Å². The fraction of sp³-hybridized carbons (Fsp3) is 0.0667. The van der Waals surface area contributed by atoms with Gasteiger partial charge in [-0.3, -0.25) is 14.0 Å². The molecule has 8 rings (SSSR count). The highest BCUT2D eigenvalue weighted by atomic mass is 32.2. The second kappa shape index (κ2) is 7.60. The number of rotatable bonds is 3. The highest BCUT2D eigenvalue weighted by Gasteiger charge is 2.31. The number of pyridine rings is 1. The van der Waals surface area contributed by atoms with Gasteiger partial charge in [0.25, 0.3) is 0 Å². The molecule has 0 saturated heterocycles. The van der Waals surface area contributed by atoms with Gasteiger partial charge in [0.05, 0.1) is 33.5 Å². The Morgan fingerprint density at radius 2 is 1.56 bits per heavy atom. The van der Waals surface area contributed by atoms with Crippen LogP contribution in [0.5, 0.6) is 0 Å². The zero-order valence-electron chi connectivity index (χ0n) is 19.3. The summed E-state index contributed by atoms with van der Waals surface area (Å²) in [6.07, 6.45) is 3.83. The summed E-state index contributed by atoms with van der Waals surface area (Å²) in [5, 5.41) is 7.15. The lowest BCUT2D eigenvalue weighted by Gasteiger charge is -2.10. The first-order valence-electron chi connectivity index (χ1n) is 12.1. The first kappa shape index (κ1) is 20.0. The number of imidazole rings is 1. The van der Waals surface area contributed by atoms with Gasteiger partial charge < -0.3 is 0 Å². The average molecular weight is 484 g/mol. The zero-order chi connectivity index (χ0) is 23.6. The van der Waals surface area contributed by atoms with E-state index in [0.29, 0.717) is 5.92 Å². The smallest absolute Gasteiger partial charge is 0.123 e. The monoisotopic (exact) mass is 483 g/mol. The van der Waals surface area contributed by atoms with Gasteiger partial charge in [0.2, 0.25) is 0 Å². The van der Waals surface area contributed by atoms with Crippen molar-refractivity contribution in [2.45, 2.75) is 10.9 Å². The van der Waals surface area contributed by atoms with Crippen molar-refractivity contribution in [3.8, 4) is 11.4 Å². The van der Waals surface area contributed by atoms with Crippen LogP contribution >= 0.6 is 11.8 Å². The van der Waals surface area contributed by atoms with Crippen molar-refractivity contribution in [1.82, 2.24) is 23.7 Å². The maximum absolute atomic E-state index is 4.69. The van der Waals surface area contributed by atoms with Crippen LogP contribution in [0, 0.1) is 0 Å². The Bertz CT molecular complexity index is 1910. The predicted octanol–water partition coefficient (Wildman–Crippen LogP) is 6.85. The summed E-state index contributed by atoms with van der Waals surface area (Å²) in [7, 11) is 0. The molecule has 7 aromatic rings. The van der Waals surface area contributed by atoms with E-state index in [9.17, 15) is 0 Å². The van der Waals surface area contributed by atoms with Gasteiger partial charge in [-0.1, -0.05) is 42.5 Å². The van der Waals surface area contributed by atoms with Gasteiger partial charge in [-0.25, -0.2) is 4.68 Å². The summed E-state index contributed by atoms with van der Waals surface area (Å²) in [6, 6.07) is 34.2. The van der Waals surface area contributed by atoms with Crippen molar-refractivity contribution in [2.75, 3.05) is 5.75 Å². The highest BCUT2D eigenvalue weighted by Crippen LogP contribution is 2.46. The van der Waals surface area contributed by atoms with Crippen LogP contribution in [0.25, 0.3) is 39.0 Å². The van der Waals surface area contributed by atoms with Gasteiger partial charge >= 0.3 is 0 Å². The topological polar surface area (TPSA) is 40.0 Å². The Hall–Kier alpha value is -4.29. The minimum absolute atomic E-state index is 0.306. The third kappa shape index (κ3) is 2.79. The molecule has 0 aliphatic carbocycles. The summed E-state index contributed by atoms with van der Waals surface area (Å²) in [4.78, 5) is 4.68. The Morgan fingerprint density at radius 1 is 0.750 bits per heavy atom. The number of benzene rings is 3. The van der Waals surface area contributed by atoms with Gasteiger partial charge in [0.1, 0.15) is 5.65 Å². The van der Waals surface area contributed by atoms with Gasteiger partial charge in [0.15, 0.2) is 0 Å². The highest BCUT2D eigenvalue weighted by molar-refractivity contribution is 7.99. The normalized spacial score (nSPS) is 15.3. The van der Waals surface area contributed by atoms with Crippen LogP contribution in [0.4, 0.5) is 0 Å². The number of fused-ring (bicyclic) bond motifs is 6. The largest absolute Gasteiger partial charge is 0.294 e. The van der Waals surface area contributed by atoms with E-state index >= 15 is 0 Å². The molecule has 1 aliphatic heterocycles. The summed E-state index contributed by atoms with van der Waals surface area (Å²) in [6.45, 7) is 0. The molecule has 0 saturated carbocycles. The fourth-order valence-corrected chi connectivity index (χ4v) is 6.91. The van der Waals surface area contributed by atoms with Crippen molar-refractivity contribution < 1.29 is 0 Å². The third-order valence-corrected chi connectivity index (χ3v) is 8.36. The van der Waals surface area contributed by atoms with E-state index in [1.54, 1.807) is 0 Å². The van der Waals surface area contributed by atoms with E-state index in [4.69, 9.17) is 0 Å². The van der Waals surface area contributed by atoms with Gasteiger partial charge in [-0.2, -0.15) is 5.10 Å². The first-order chi connectivity index (χ1) is 17.9. The molecule has 1 aliphatic rings. The minimum Gasteiger partial charge on any atom is -0.294 e. The molecule has 4 aromatic heterocycles. The molecule has 1 unspecified atom stereocenters. The van der Waals surface area contributed by atoms with Crippen LogP contribution in [-0.2, 0) is 0 Å². The SMILES string of the molecule is c1ccc(C2CSc3c2cc2n(-c4cccc(-n5ncc6ccccc65)c4)c4ccccc4n32)nc1. The maximum Gasteiger partial charge on any atom is 0.123 e. The average Bonchev–Trinajstić information content (AvgIpc) is 3.68. The lowest BCUT2D eigenvalue weighted by Crippen LogP contribution is -2.01. The lowest BCUT2D eigenvalue weighted by atomic mass is 10.0. The quantitative estimate of drug-likeness (QED) is 0.276. The second-order valence-electron chi connectivity index (χ2n) is 9.18. The molecule has 5 nitrogen and oxygen atoms in total. The van der Waals surface area contributed by atoms with Crippen molar-refractivity contribution in [3.63, 3.8) is 0 Å². The molecular formula is C30H21N5S. The summed E-state index contributed by atoms with van der Waals surface area (Å²) < 4.78 is 6.82. The zero-order valence-corrected chi connectivity index (χ0v) is 20.1. The summed E-state index contributed by atoms with van der Waals surface area (Å²) in [5.74, 6) is 1.33. The van der Waals surface area contributed by atoms with E-state index in [1.807, 2.05) is 34.9 Å². The number of para-hydroxylation sites is 3. The van der Waals surface area contributed by atoms with Crippen LogP contribution in [0.1, 0.15) is 17.2 Å². The van der Waals surface area contributed by atoms with Crippen molar-refractivity contribution in [2.24, 2.45) is 0 Å². The molecule has 1 atom stereocenters. The van der Waals surface area contributed by atoms with Crippen LogP contribution in [0.15, 0.2) is 114 Å². The molecule has 172 valence electrons. The molecule has 0 N–H and O–H groups in total. The summed E-state index contributed by atoms with van der Waals surface area (Å²) >= 11 is 1.93. The van der Waals surface area contributed by atoms with E-state index in [0.717, 1.165) is 33.7 Å². The molecule has 3 aromatic carbocycles. The van der Waals surface area contributed by atoms with E-state index in [2.05, 4.69) is 110 Å². The van der Waals surface area contributed by atoms with Gasteiger partial charge in [-0.15, -0.1) is 11.8 Å². The molecule has 0 radical (unpaired) electrons. The molecule has 6 heteroatoms. The molecule has 36 heavy (non-hydrogen) atoms. The number of aromatic nitrogens is 5. The molecule has 0 spiro atoms. The molecule has 5 heterocycles. The first-order valence-corrected chi connectivity index (χ1v) is 13.1. The van der Waals surface area contributed by atoms with Gasteiger partial charge in [-0.05, 0) is 60.2 Å². The minimum atomic E-state index is 0.306.